The highest BCUT2D eigenvalue weighted by Crippen LogP contribution is 2.05. The minimum atomic E-state index is -0.478. The third kappa shape index (κ3) is 8.07. The summed E-state index contributed by atoms with van der Waals surface area (Å²) < 4.78 is 14.6. The zero-order chi connectivity index (χ0) is 13.3. The van der Waals surface area contributed by atoms with Crippen LogP contribution in [0, 0.1) is 0 Å². The molecule has 5 nitrogen and oxygen atoms in total. The molecule has 0 aromatic heterocycles. The zero-order valence-electron chi connectivity index (χ0n) is 10.6. The SMILES string of the molecule is CCOC(=O)C=C(C)OC(C)=CC(=O)OCC. The molecule has 0 saturated carbocycles. The van der Waals surface area contributed by atoms with Gasteiger partial charge in [0.2, 0.25) is 0 Å². The van der Waals surface area contributed by atoms with Gasteiger partial charge >= 0.3 is 11.9 Å². The molecule has 0 atom stereocenters. The normalized spacial score (nSPS) is 12.0. The first kappa shape index (κ1) is 15.2. The maximum atomic E-state index is 11.1. The molecule has 0 radical (unpaired) electrons. The third-order valence-corrected chi connectivity index (χ3v) is 1.54. The van der Waals surface area contributed by atoms with Crippen LogP contribution in [-0.4, -0.2) is 25.2 Å². The maximum Gasteiger partial charge on any atom is 0.334 e. The summed E-state index contributed by atoms with van der Waals surface area (Å²) >= 11 is 0. The Morgan fingerprint density at radius 1 is 0.882 bits per heavy atom. The van der Waals surface area contributed by atoms with E-state index < -0.39 is 11.9 Å². The molecule has 0 aliphatic rings. The van der Waals surface area contributed by atoms with Gasteiger partial charge in [0, 0.05) is 0 Å². The first-order chi connectivity index (χ1) is 7.99. The molecule has 5 heteroatoms. The molecule has 0 aliphatic heterocycles. The Bertz CT molecular complexity index is 296. The van der Waals surface area contributed by atoms with Crippen molar-refractivity contribution in [1.82, 2.24) is 0 Å². The number of allylic oxidation sites excluding steroid dienone is 2. The van der Waals surface area contributed by atoms with E-state index >= 15 is 0 Å². The summed E-state index contributed by atoms with van der Waals surface area (Å²) in [5, 5.41) is 0. The van der Waals surface area contributed by atoms with Crippen molar-refractivity contribution < 1.29 is 23.8 Å². The summed E-state index contributed by atoms with van der Waals surface area (Å²) in [5.41, 5.74) is 0. The first-order valence-electron chi connectivity index (χ1n) is 5.37. The quantitative estimate of drug-likeness (QED) is 0.404. The number of carbonyl (C=O) groups excluding carboxylic acids is 2. The zero-order valence-corrected chi connectivity index (χ0v) is 10.6. The molecule has 0 spiro atoms. The standard InChI is InChI=1S/C12H18O5/c1-5-15-11(13)7-9(3)17-10(4)8-12(14)16-6-2/h7-8H,5-6H2,1-4H3. The number of esters is 2. The van der Waals surface area contributed by atoms with Crippen molar-refractivity contribution >= 4 is 11.9 Å². The minimum Gasteiger partial charge on any atom is -0.466 e. The monoisotopic (exact) mass is 242 g/mol. The van der Waals surface area contributed by atoms with E-state index in [-0.39, 0.29) is 0 Å². The predicted octanol–water partition coefficient (Wildman–Crippen LogP) is 1.94. The molecule has 0 aliphatic carbocycles. The van der Waals surface area contributed by atoms with Gasteiger partial charge in [-0.2, -0.15) is 0 Å². The van der Waals surface area contributed by atoms with Crippen LogP contribution in [-0.2, 0) is 23.8 Å². The van der Waals surface area contributed by atoms with Gasteiger partial charge in [0.15, 0.2) is 0 Å². The molecule has 0 saturated heterocycles. The molecule has 17 heavy (non-hydrogen) atoms. The summed E-state index contributed by atoms with van der Waals surface area (Å²) in [6.07, 6.45) is 2.43. The lowest BCUT2D eigenvalue weighted by atomic mass is 10.4. The fourth-order valence-corrected chi connectivity index (χ4v) is 1.01. The van der Waals surface area contributed by atoms with Crippen LogP contribution in [0.25, 0.3) is 0 Å². The number of hydrogen-bond donors (Lipinski definition) is 0. The Morgan fingerprint density at radius 2 is 1.24 bits per heavy atom. The van der Waals surface area contributed by atoms with Crippen LogP contribution in [0.4, 0.5) is 0 Å². The van der Waals surface area contributed by atoms with Gasteiger partial charge in [-0.3, -0.25) is 0 Å². The fraction of sp³-hybridized carbons (Fsp3) is 0.500. The molecule has 0 aromatic carbocycles. The molecule has 0 unspecified atom stereocenters. The number of rotatable bonds is 6. The molecule has 96 valence electrons. The van der Waals surface area contributed by atoms with E-state index in [1.54, 1.807) is 27.7 Å². The molecular weight excluding hydrogens is 224 g/mol. The smallest absolute Gasteiger partial charge is 0.334 e. The largest absolute Gasteiger partial charge is 0.466 e. The van der Waals surface area contributed by atoms with Gasteiger partial charge in [-0.25, -0.2) is 9.59 Å². The summed E-state index contributed by atoms with van der Waals surface area (Å²) in [6, 6.07) is 0. The van der Waals surface area contributed by atoms with Crippen molar-refractivity contribution in [2.24, 2.45) is 0 Å². The second kappa shape index (κ2) is 8.38. The first-order valence-corrected chi connectivity index (χ1v) is 5.37. The van der Waals surface area contributed by atoms with Crippen LogP contribution in [0.2, 0.25) is 0 Å². The van der Waals surface area contributed by atoms with E-state index in [1.165, 1.54) is 12.2 Å². The number of ether oxygens (including phenoxy) is 3. The highest BCUT2D eigenvalue weighted by Gasteiger charge is 2.02. The molecule has 0 bridgehead atoms. The van der Waals surface area contributed by atoms with Crippen molar-refractivity contribution in [1.29, 1.82) is 0 Å². The summed E-state index contributed by atoms with van der Waals surface area (Å²) in [5.74, 6) is -0.258. The van der Waals surface area contributed by atoms with E-state index in [2.05, 4.69) is 0 Å². The summed E-state index contributed by atoms with van der Waals surface area (Å²) in [7, 11) is 0. The van der Waals surface area contributed by atoms with E-state index in [1.807, 2.05) is 0 Å². The average molecular weight is 242 g/mol. The Kier molecular flexibility index (Phi) is 7.50. The van der Waals surface area contributed by atoms with E-state index in [9.17, 15) is 9.59 Å². The van der Waals surface area contributed by atoms with Crippen molar-refractivity contribution in [2.75, 3.05) is 13.2 Å². The van der Waals surface area contributed by atoms with Crippen molar-refractivity contribution in [3.05, 3.63) is 23.7 Å². The third-order valence-electron chi connectivity index (χ3n) is 1.54. The second-order valence-electron chi connectivity index (χ2n) is 3.12. The molecule has 0 amide bonds. The van der Waals surface area contributed by atoms with Crippen LogP contribution in [0.5, 0.6) is 0 Å². The predicted molar refractivity (Wildman–Crippen MR) is 61.9 cm³/mol. The Balaban J connectivity index is 4.32. The molecule has 0 rings (SSSR count). The van der Waals surface area contributed by atoms with Gasteiger partial charge < -0.3 is 14.2 Å². The lowest BCUT2D eigenvalue weighted by molar-refractivity contribution is -0.138. The lowest BCUT2D eigenvalue weighted by Crippen LogP contribution is -2.03. The van der Waals surface area contributed by atoms with E-state index in [4.69, 9.17) is 14.2 Å². The van der Waals surface area contributed by atoms with Crippen LogP contribution < -0.4 is 0 Å². The summed E-state index contributed by atoms with van der Waals surface area (Å²) in [6.45, 7) is 7.24. The van der Waals surface area contributed by atoms with E-state index in [0.29, 0.717) is 24.7 Å². The van der Waals surface area contributed by atoms with Gasteiger partial charge in [0.25, 0.3) is 0 Å². The molecule has 0 aromatic rings. The van der Waals surface area contributed by atoms with Crippen LogP contribution in [0.15, 0.2) is 23.7 Å². The van der Waals surface area contributed by atoms with Crippen LogP contribution in [0.3, 0.4) is 0 Å². The number of carbonyl (C=O) groups is 2. The highest BCUT2D eigenvalue weighted by molar-refractivity contribution is 5.83. The van der Waals surface area contributed by atoms with Crippen molar-refractivity contribution in [3.8, 4) is 0 Å². The molecule has 0 fully saturated rings. The topological polar surface area (TPSA) is 61.8 Å². The molecule has 0 heterocycles. The summed E-state index contributed by atoms with van der Waals surface area (Å²) in [4.78, 5) is 22.1. The molecule has 0 N–H and O–H groups in total. The number of hydrogen-bond acceptors (Lipinski definition) is 5. The van der Waals surface area contributed by atoms with Gasteiger partial charge in [0.1, 0.15) is 11.5 Å². The average Bonchev–Trinajstić information content (AvgIpc) is 2.16. The molecular formula is C12H18O5. The lowest BCUT2D eigenvalue weighted by Gasteiger charge is -2.05. The minimum absolute atomic E-state index is 0.306. The van der Waals surface area contributed by atoms with Crippen LogP contribution in [0.1, 0.15) is 27.7 Å². The van der Waals surface area contributed by atoms with Gasteiger partial charge in [0.05, 0.1) is 25.4 Å². The Labute approximate surface area is 101 Å². The fourth-order valence-electron chi connectivity index (χ4n) is 1.01. The highest BCUT2D eigenvalue weighted by atomic mass is 16.5. The van der Waals surface area contributed by atoms with Gasteiger partial charge in [-0.05, 0) is 27.7 Å². The van der Waals surface area contributed by atoms with Crippen molar-refractivity contribution in [3.63, 3.8) is 0 Å². The van der Waals surface area contributed by atoms with Crippen LogP contribution >= 0.6 is 0 Å². The van der Waals surface area contributed by atoms with Gasteiger partial charge in [-0.15, -0.1) is 0 Å². The van der Waals surface area contributed by atoms with Gasteiger partial charge in [-0.1, -0.05) is 0 Å². The second-order valence-corrected chi connectivity index (χ2v) is 3.12. The Morgan fingerprint density at radius 3 is 1.53 bits per heavy atom. The van der Waals surface area contributed by atoms with E-state index in [0.717, 1.165) is 0 Å². The van der Waals surface area contributed by atoms with Crippen molar-refractivity contribution in [2.45, 2.75) is 27.7 Å². The Hall–Kier alpha value is -1.78. The maximum absolute atomic E-state index is 11.1.